The summed E-state index contributed by atoms with van der Waals surface area (Å²) in [4.78, 5) is 54.0. The number of carbonyl (C=O) groups is 4. The Labute approximate surface area is 275 Å². The molecule has 0 aromatic heterocycles. The highest BCUT2D eigenvalue weighted by atomic mass is 16.7. The normalized spacial score (nSPS) is 49.3. The average molecular weight is 685 g/mol. The Balaban J connectivity index is 1.47. The zero-order chi connectivity index (χ0) is 35.2. The molecule has 2 bridgehead atoms. The Bertz CT molecular complexity index is 1380. The fourth-order valence-electron chi connectivity index (χ4n) is 9.70. The maximum atomic E-state index is 13.8. The molecule has 0 radical (unpaired) electrons. The fourth-order valence-corrected chi connectivity index (χ4v) is 9.70. The number of rotatable bonds is 7. The van der Waals surface area contributed by atoms with Crippen molar-refractivity contribution in [2.24, 2.45) is 40.4 Å². The highest BCUT2D eigenvalue weighted by molar-refractivity contribution is 5.96. The van der Waals surface area contributed by atoms with E-state index in [0.29, 0.717) is 0 Å². The summed E-state index contributed by atoms with van der Waals surface area (Å²) >= 11 is 0. The van der Waals surface area contributed by atoms with Gasteiger partial charge < -0.3 is 59.1 Å². The summed E-state index contributed by atoms with van der Waals surface area (Å²) in [6.07, 6.45) is -13.3. The number of aliphatic hydroxyl groups is 6. The van der Waals surface area contributed by atoms with Gasteiger partial charge in [-0.1, -0.05) is 27.7 Å². The van der Waals surface area contributed by atoms with E-state index in [4.69, 9.17) is 28.4 Å². The van der Waals surface area contributed by atoms with Crippen molar-refractivity contribution in [2.45, 2.75) is 101 Å². The van der Waals surface area contributed by atoms with E-state index in [1.54, 1.807) is 27.7 Å². The molecule has 16 atom stereocenters. The minimum absolute atomic E-state index is 0.0576. The molecule has 6 rings (SSSR count). The molecule has 0 aromatic carbocycles. The number of fused-ring (bicyclic) bond motifs is 2. The summed E-state index contributed by atoms with van der Waals surface area (Å²) in [7, 11) is 1.06. The van der Waals surface area contributed by atoms with Crippen molar-refractivity contribution in [1.29, 1.82) is 0 Å². The van der Waals surface area contributed by atoms with Gasteiger partial charge in [0, 0.05) is 23.7 Å². The van der Waals surface area contributed by atoms with Crippen LogP contribution in [0, 0.1) is 40.4 Å². The first-order valence-corrected chi connectivity index (χ1v) is 16.2. The molecule has 3 aliphatic carbocycles. The zero-order valence-electron chi connectivity index (χ0n) is 27.3. The Morgan fingerprint density at radius 1 is 1.04 bits per heavy atom. The average Bonchev–Trinajstić information content (AvgIpc) is 3.34. The van der Waals surface area contributed by atoms with E-state index in [0.717, 1.165) is 7.11 Å². The van der Waals surface area contributed by atoms with Crippen LogP contribution in [-0.4, -0.2) is 135 Å². The highest BCUT2D eigenvalue weighted by Gasteiger charge is 2.85. The third kappa shape index (κ3) is 4.63. The lowest BCUT2D eigenvalue weighted by Crippen LogP contribution is -2.79. The van der Waals surface area contributed by atoms with E-state index < -0.39 is 126 Å². The number of ketones is 1. The molecule has 48 heavy (non-hydrogen) atoms. The smallest absolute Gasteiger partial charge is 0.348 e. The lowest BCUT2D eigenvalue weighted by atomic mass is 9.38. The summed E-state index contributed by atoms with van der Waals surface area (Å²) < 4.78 is 34.2. The SMILES string of the molecule is COC(=O)[C@]12OC[C@]34[C@H](C[C@H]5[C@H](C)C(=O)C(O[C@H]6O[C@H](CO)[C@H](O)[C@@H](O)[C@H]6O)=C[C@@]5(C)[C@@H]3[C@@H](O)[C@@H]1O)OC(=O)[C@@H](OC(=O)CC(C)C)[C@@H]24. The van der Waals surface area contributed by atoms with Crippen LogP contribution >= 0.6 is 0 Å². The molecule has 1 spiro atoms. The van der Waals surface area contributed by atoms with Crippen molar-refractivity contribution in [2.75, 3.05) is 20.3 Å². The monoisotopic (exact) mass is 684 g/mol. The number of carbonyl (C=O) groups excluding carboxylic acids is 4. The van der Waals surface area contributed by atoms with Gasteiger partial charge in [0.2, 0.25) is 18.0 Å². The van der Waals surface area contributed by atoms with Gasteiger partial charge in [-0.05, 0) is 29.7 Å². The first kappa shape index (κ1) is 35.1. The highest BCUT2D eigenvalue weighted by Crippen LogP contribution is 2.72. The van der Waals surface area contributed by atoms with Crippen LogP contribution in [0.3, 0.4) is 0 Å². The maximum Gasteiger partial charge on any atom is 0.348 e. The lowest BCUT2D eigenvalue weighted by molar-refractivity contribution is -0.296. The molecule has 5 fully saturated rings. The van der Waals surface area contributed by atoms with E-state index in [9.17, 15) is 49.8 Å². The molecule has 3 aliphatic heterocycles. The summed E-state index contributed by atoms with van der Waals surface area (Å²) in [5, 5.41) is 64.6. The van der Waals surface area contributed by atoms with E-state index in [1.165, 1.54) is 6.08 Å². The van der Waals surface area contributed by atoms with Crippen LogP contribution in [0.25, 0.3) is 0 Å². The van der Waals surface area contributed by atoms with Crippen LogP contribution in [0.15, 0.2) is 11.8 Å². The number of aliphatic hydroxyl groups excluding tert-OH is 6. The third-order valence-corrected chi connectivity index (χ3v) is 11.7. The number of methoxy groups -OCH3 is 1. The van der Waals surface area contributed by atoms with Gasteiger partial charge in [-0.3, -0.25) is 9.59 Å². The fraction of sp³-hybridized carbons (Fsp3) is 0.812. The van der Waals surface area contributed by atoms with Crippen LogP contribution in [-0.2, 0) is 47.6 Å². The van der Waals surface area contributed by atoms with Crippen molar-refractivity contribution in [1.82, 2.24) is 0 Å². The molecular formula is C32H44O16. The van der Waals surface area contributed by atoms with Crippen molar-refractivity contribution in [3.63, 3.8) is 0 Å². The molecule has 0 aromatic rings. The van der Waals surface area contributed by atoms with Crippen LogP contribution in [0.5, 0.6) is 0 Å². The summed E-state index contributed by atoms with van der Waals surface area (Å²) in [6.45, 7) is 5.84. The Morgan fingerprint density at radius 3 is 2.35 bits per heavy atom. The van der Waals surface area contributed by atoms with E-state index >= 15 is 0 Å². The van der Waals surface area contributed by atoms with Gasteiger partial charge in [-0.2, -0.15) is 0 Å². The predicted molar refractivity (Wildman–Crippen MR) is 155 cm³/mol. The van der Waals surface area contributed by atoms with Gasteiger partial charge in [0.25, 0.3) is 0 Å². The first-order chi connectivity index (χ1) is 22.5. The Hall–Kier alpha value is -2.70. The van der Waals surface area contributed by atoms with Gasteiger partial charge >= 0.3 is 17.9 Å². The van der Waals surface area contributed by atoms with E-state index in [1.807, 2.05) is 0 Å². The van der Waals surface area contributed by atoms with E-state index in [2.05, 4.69) is 0 Å². The molecule has 2 saturated carbocycles. The summed E-state index contributed by atoms with van der Waals surface area (Å²) in [5.41, 5.74) is -5.03. The van der Waals surface area contributed by atoms with Gasteiger partial charge in [-0.25, -0.2) is 9.59 Å². The van der Waals surface area contributed by atoms with Gasteiger partial charge in [0.05, 0.1) is 32.3 Å². The molecule has 16 nitrogen and oxygen atoms in total. The second-order valence-electron chi connectivity index (χ2n) is 14.7. The molecule has 0 amide bonds. The molecule has 16 heteroatoms. The minimum atomic E-state index is -2.32. The van der Waals surface area contributed by atoms with Crippen LogP contribution in [0.2, 0.25) is 0 Å². The lowest BCUT2D eigenvalue weighted by Gasteiger charge is -2.67. The molecule has 0 unspecified atom stereocenters. The molecule has 6 aliphatic rings. The largest absolute Gasteiger partial charge is 0.467 e. The van der Waals surface area contributed by atoms with Crippen LogP contribution < -0.4 is 0 Å². The van der Waals surface area contributed by atoms with Gasteiger partial charge in [0.1, 0.15) is 36.6 Å². The molecule has 3 saturated heterocycles. The zero-order valence-corrected chi connectivity index (χ0v) is 27.3. The number of hydrogen-bond acceptors (Lipinski definition) is 16. The van der Waals surface area contributed by atoms with Crippen LogP contribution in [0.1, 0.15) is 40.5 Å². The Morgan fingerprint density at radius 2 is 1.73 bits per heavy atom. The van der Waals surface area contributed by atoms with Crippen molar-refractivity contribution >= 4 is 23.7 Å². The minimum Gasteiger partial charge on any atom is -0.467 e. The number of allylic oxidation sites excluding steroid dienone is 2. The third-order valence-electron chi connectivity index (χ3n) is 11.7. The topological polar surface area (TPSA) is 245 Å². The van der Waals surface area contributed by atoms with Crippen molar-refractivity contribution in [3.05, 3.63) is 11.8 Å². The summed E-state index contributed by atoms with van der Waals surface area (Å²) in [6, 6.07) is 0. The molecule has 6 N–H and O–H groups in total. The quantitative estimate of drug-likeness (QED) is 0.122. The maximum absolute atomic E-state index is 13.8. The van der Waals surface area contributed by atoms with Crippen molar-refractivity contribution < 1.29 is 78.2 Å². The number of hydrogen-bond donors (Lipinski definition) is 6. The van der Waals surface area contributed by atoms with Crippen molar-refractivity contribution in [3.8, 4) is 0 Å². The first-order valence-electron chi connectivity index (χ1n) is 16.2. The molecule has 268 valence electrons. The number of ether oxygens (including phenoxy) is 6. The molecular weight excluding hydrogens is 640 g/mol. The summed E-state index contributed by atoms with van der Waals surface area (Å²) in [5.74, 6) is -7.71. The number of Topliss-reactive ketones (excluding diaryl/α,β-unsaturated/α-hetero) is 1. The van der Waals surface area contributed by atoms with Crippen LogP contribution in [0.4, 0.5) is 0 Å². The van der Waals surface area contributed by atoms with E-state index in [-0.39, 0.29) is 31.1 Å². The Kier molecular flexibility index (Phi) is 8.76. The molecule has 3 heterocycles. The van der Waals surface area contributed by atoms with Gasteiger partial charge in [-0.15, -0.1) is 0 Å². The predicted octanol–water partition coefficient (Wildman–Crippen LogP) is -2.29. The van der Waals surface area contributed by atoms with Gasteiger partial charge in [0.15, 0.2) is 11.5 Å². The second kappa shape index (κ2) is 12.0. The standard InChI is InChI=1S/C32H44O16/c1-11(2)6-17(34)48-23-25-31-10-44-32(25,29(42)43-5)26(40)22(39)24(31)30(4)8-14(18(35)12(3)13(30)7-16(31)47-27(23)41)45-28-21(38)20(37)19(36)15(9-33)46-28/h8,11-13,15-16,19-26,28,33,36-40H,6-7,9-10H2,1-5H3/t12-,13-,15+,16-,19-,20+,21+,22+,23-,24-,25+,26-,28-,30+,31-,32+/m0/s1. The second-order valence-corrected chi connectivity index (χ2v) is 14.7. The number of esters is 3.